The maximum atomic E-state index is 9.23. The molecular weight excluding hydrogens is 182 g/mol. The van der Waals surface area contributed by atoms with Gasteiger partial charge in [-0.2, -0.15) is 4.98 Å². The first-order valence-corrected chi connectivity index (χ1v) is 4.60. The van der Waals surface area contributed by atoms with Crippen LogP contribution in [0.15, 0.2) is 4.52 Å². The Morgan fingerprint density at radius 1 is 1.43 bits per heavy atom. The smallest absolute Gasteiger partial charge is 0.246 e. The van der Waals surface area contributed by atoms with Crippen LogP contribution in [0, 0.1) is 0 Å². The van der Waals surface area contributed by atoms with Gasteiger partial charge in [-0.1, -0.05) is 25.9 Å². The maximum absolute atomic E-state index is 9.23. The minimum Gasteiger partial charge on any atom is -0.391 e. The number of nitrogens with two attached hydrogens (primary N) is 1. The van der Waals surface area contributed by atoms with E-state index in [1.54, 1.807) is 6.92 Å². The molecule has 5 nitrogen and oxygen atoms in total. The quantitative estimate of drug-likeness (QED) is 0.734. The highest BCUT2D eigenvalue weighted by molar-refractivity contribution is 5.02. The minimum absolute atomic E-state index is 0.167. The molecule has 1 rings (SSSR count). The number of hydrogen-bond donors (Lipinski definition) is 2. The number of rotatable bonds is 2. The molecule has 80 valence electrons. The van der Waals surface area contributed by atoms with Crippen LogP contribution in [0.5, 0.6) is 0 Å². The molecule has 1 aromatic heterocycles. The molecule has 0 fully saturated rings. The van der Waals surface area contributed by atoms with Gasteiger partial charge in [0.15, 0.2) is 5.82 Å². The zero-order valence-corrected chi connectivity index (χ0v) is 8.98. The fourth-order valence-electron chi connectivity index (χ4n) is 0.882. The first kappa shape index (κ1) is 11.1. The molecule has 3 N–H and O–H groups in total. The minimum atomic E-state index is -0.691. The molecule has 0 aliphatic carbocycles. The summed E-state index contributed by atoms with van der Waals surface area (Å²) in [6.07, 6.45) is -0.691. The molecular formula is C9H17N3O2. The zero-order chi connectivity index (χ0) is 10.9. The molecule has 0 saturated carbocycles. The Labute approximate surface area is 83.3 Å². The number of aliphatic hydroxyl groups excluding tert-OH is 1. The summed E-state index contributed by atoms with van der Waals surface area (Å²) in [5.74, 6) is 0.883. The highest BCUT2D eigenvalue weighted by Crippen LogP contribution is 2.20. The summed E-state index contributed by atoms with van der Waals surface area (Å²) in [7, 11) is 0. The topological polar surface area (TPSA) is 85.2 Å². The lowest BCUT2D eigenvalue weighted by Crippen LogP contribution is -2.24. The average molecular weight is 199 g/mol. The van der Waals surface area contributed by atoms with Gasteiger partial charge in [-0.05, 0) is 6.92 Å². The van der Waals surface area contributed by atoms with Gasteiger partial charge in [0.05, 0.1) is 6.10 Å². The first-order chi connectivity index (χ1) is 6.32. The lowest BCUT2D eigenvalue weighted by Gasteiger charge is -2.11. The number of aliphatic hydroxyl groups is 1. The molecule has 2 atom stereocenters. The van der Waals surface area contributed by atoms with Crippen molar-refractivity contribution in [2.45, 2.75) is 45.3 Å². The van der Waals surface area contributed by atoms with Gasteiger partial charge in [0.2, 0.25) is 5.89 Å². The number of aromatic nitrogens is 2. The Morgan fingerprint density at radius 2 is 2.00 bits per heavy atom. The largest absolute Gasteiger partial charge is 0.391 e. The second-order valence-corrected chi connectivity index (χ2v) is 4.47. The third-order valence-corrected chi connectivity index (χ3v) is 1.92. The SMILES string of the molecule is CC(O)C(N)c1nc(C(C)(C)C)no1. The summed E-state index contributed by atoms with van der Waals surface area (Å²) in [5, 5.41) is 13.0. The molecule has 1 aromatic rings. The van der Waals surface area contributed by atoms with E-state index >= 15 is 0 Å². The summed E-state index contributed by atoms with van der Waals surface area (Å²) < 4.78 is 4.97. The van der Waals surface area contributed by atoms with Crippen molar-refractivity contribution in [3.05, 3.63) is 11.7 Å². The van der Waals surface area contributed by atoms with Gasteiger partial charge in [-0.15, -0.1) is 0 Å². The Balaban J connectivity index is 2.89. The van der Waals surface area contributed by atoms with Gasteiger partial charge in [-0.3, -0.25) is 0 Å². The molecule has 1 heterocycles. The first-order valence-electron chi connectivity index (χ1n) is 4.60. The Morgan fingerprint density at radius 3 is 2.36 bits per heavy atom. The zero-order valence-electron chi connectivity index (χ0n) is 8.98. The van der Waals surface area contributed by atoms with E-state index in [1.807, 2.05) is 20.8 Å². The van der Waals surface area contributed by atoms with Crippen LogP contribution < -0.4 is 5.73 Å². The summed E-state index contributed by atoms with van der Waals surface area (Å²) in [6, 6.07) is -0.612. The third-order valence-electron chi connectivity index (χ3n) is 1.92. The molecule has 14 heavy (non-hydrogen) atoms. The molecule has 2 unspecified atom stereocenters. The van der Waals surface area contributed by atoms with Crippen molar-refractivity contribution in [1.82, 2.24) is 10.1 Å². The summed E-state index contributed by atoms with van der Waals surface area (Å²) in [4.78, 5) is 4.14. The van der Waals surface area contributed by atoms with E-state index in [9.17, 15) is 5.11 Å². The summed E-state index contributed by atoms with van der Waals surface area (Å²) >= 11 is 0. The fraction of sp³-hybridized carbons (Fsp3) is 0.778. The third kappa shape index (κ3) is 2.30. The van der Waals surface area contributed by atoms with E-state index in [4.69, 9.17) is 10.3 Å². The number of nitrogens with zero attached hydrogens (tertiary/aromatic N) is 2. The molecule has 0 saturated heterocycles. The van der Waals surface area contributed by atoms with Crippen molar-refractivity contribution in [2.75, 3.05) is 0 Å². The number of hydrogen-bond acceptors (Lipinski definition) is 5. The highest BCUT2D eigenvalue weighted by Gasteiger charge is 2.24. The van der Waals surface area contributed by atoms with Gasteiger partial charge in [0.1, 0.15) is 6.04 Å². The average Bonchev–Trinajstić information content (AvgIpc) is 2.49. The van der Waals surface area contributed by atoms with Crippen molar-refractivity contribution in [1.29, 1.82) is 0 Å². The van der Waals surface area contributed by atoms with E-state index in [0.717, 1.165) is 0 Å². The molecule has 0 aromatic carbocycles. The second-order valence-electron chi connectivity index (χ2n) is 4.47. The van der Waals surface area contributed by atoms with Crippen LogP contribution in [0.4, 0.5) is 0 Å². The molecule has 5 heteroatoms. The Kier molecular flexibility index (Phi) is 2.92. The van der Waals surface area contributed by atoms with Crippen molar-refractivity contribution in [3.63, 3.8) is 0 Å². The molecule has 0 bridgehead atoms. The highest BCUT2D eigenvalue weighted by atomic mass is 16.5. The van der Waals surface area contributed by atoms with Crippen molar-refractivity contribution in [2.24, 2.45) is 5.73 Å². The van der Waals surface area contributed by atoms with E-state index in [-0.39, 0.29) is 11.3 Å². The van der Waals surface area contributed by atoms with Gasteiger partial charge in [0, 0.05) is 5.41 Å². The standard InChI is InChI=1S/C9H17N3O2/c1-5(13)6(10)7-11-8(12-14-7)9(2,3)4/h5-6,13H,10H2,1-4H3. The second kappa shape index (κ2) is 3.67. The lowest BCUT2D eigenvalue weighted by atomic mass is 9.96. The van der Waals surface area contributed by atoms with Crippen LogP contribution in [0.25, 0.3) is 0 Å². The van der Waals surface area contributed by atoms with Crippen LogP contribution in [0.1, 0.15) is 45.5 Å². The van der Waals surface area contributed by atoms with Crippen LogP contribution in [0.3, 0.4) is 0 Å². The van der Waals surface area contributed by atoms with Crippen LogP contribution >= 0.6 is 0 Å². The fourth-order valence-corrected chi connectivity index (χ4v) is 0.882. The Bertz CT molecular complexity index is 301. The molecule has 0 amide bonds. The van der Waals surface area contributed by atoms with Gasteiger partial charge in [-0.25, -0.2) is 0 Å². The Hall–Kier alpha value is -0.940. The van der Waals surface area contributed by atoms with E-state index < -0.39 is 12.1 Å². The van der Waals surface area contributed by atoms with E-state index in [0.29, 0.717) is 5.82 Å². The van der Waals surface area contributed by atoms with Crippen LogP contribution in [-0.2, 0) is 5.41 Å². The predicted octanol–water partition coefficient (Wildman–Crippen LogP) is 0.748. The monoisotopic (exact) mass is 199 g/mol. The summed E-state index contributed by atoms with van der Waals surface area (Å²) in [5.41, 5.74) is 5.48. The van der Waals surface area contributed by atoms with Gasteiger partial charge < -0.3 is 15.4 Å². The maximum Gasteiger partial charge on any atom is 0.246 e. The molecule has 0 radical (unpaired) electrons. The van der Waals surface area contributed by atoms with Gasteiger partial charge >= 0.3 is 0 Å². The van der Waals surface area contributed by atoms with Crippen molar-refractivity contribution < 1.29 is 9.63 Å². The normalized spacial score (nSPS) is 16.7. The lowest BCUT2D eigenvalue weighted by molar-refractivity contribution is 0.146. The molecule has 0 aliphatic rings. The van der Waals surface area contributed by atoms with E-state index in [1.165, 1.54) is 0 Å². The van der Waals surface area contributed by atoms with Gasteiger partial charge in [0.25, 0.3) is 0 Å². The van der Waals surface area contributed by atoms with Crippen LogP contribution in [-0.4, -0.2) is 21.4 Å². The van der Waals surface area contributed by atoms with Crippen LogP contribution in [0.2, 0.25) is 0 Å². The van der Waals surface area contributed by atoms with Crippen molar-refractivity contribution in [3.8, 4) is 0 Å². The van der Waals surface area contributed by atoms with E-state index in [2.05, 4.69) is 10.1 Å². The van der Waals surface area contributed by atoms with Crippen molar-refractivity contribution >= 4 is 0 Å². The predicted molar refractivity (Wildman–Crippen MR) is 51.6 cm³/mol. The molecule has 0 aliphatic heterocycles. The molecule has 0 spiro atoms. The summed E-state index contributed by atoms with van der Waals surface area (Å²) in [6.45, 7) is 7.53.